The lowest BCUT2D eigenvalue weighted by Crippen LogP contribution is -2.50. The van der Waals surface area contributed by atoms with Gasteiger partial charge >= 0.3 is 0 Å². The van der Waals surface area contributed by atoms with Crippen LogP contribution in [0.3, 0.4) is 0 Å². The molecule has 3 aliphatic heterocycles. The van der Waals surface area contributed by atoms with Crippen LogP contribution in [0.2, 0.25) is 0 Å². The van der Waals surface area contributed by atoms with Crippen molar-refractivity contribution in [1.29, 1.82) is 0 Å². The number of ether oxygens (including phenoxy) is 1. The van der Waals surface area contributed by atoms with Crippen LogP contribution in [-0.2, 0) is 4.74 Å². The second-order valence-corrected chi connectivity index (χ2v) is 6.43. The summed E-state index contributed by atoms with van der Waals surface area (Å²) in [7, 11) is 0. The Kier molecular flexibility index (Phi) is 4.74. The van der Waals surface area contributed by atoms with Crippen LogP contribution in [0.4, 0.5) is 0 Å². The van der Waals surface area contributed by atoms with E-state index in [-0.39, 0.29) is 0 Å². The molecule has 0 saturated carbocycles. The molecule has 0 aromatic carbocycles. The van der Waals surface area contributed by atoms with E-state index in [0.717, 1.165) is 31.7 Å². The summed E-state index contributed by atoms with van der Waals surface area (Å²) in [6, 6.07) is 1.39. The zero-order chi connectivity index (χ0) is 13.1. The first-order valence-corrected chi connectivity index (χ1v) is 8.14. The highest BCUT2D eigenvalue weighted by atomic mass is 16.5. The lowest BCUT2D eigenvalue weighted by Gasteiger charge is -2.38. The first kappa shape index (κ1) is 13.8. The van der Waals surface area contributed by atoms with Crippen molar-refractivity contribution in [3.63, 3.8) is 0 Å². The van der Waals surface area contributed by atoms with E-state index < -0.39 is 0 Å². The van der Waals surface area contributed by atoms with E-state index in [1.54, 1.807) is 0 Å². The molecule has 0 spiro atoms. The molecule has 3 aliphatic rings. The maximum Gasteiger partial charge on any atom is 0.0469 e. The van der Waals surface area contributed by atoms with Gasteiger partial charge in [-0.3, -0.25) is 9.80 Å². The SMILES string of the molecule is NCC(C1CCOCC1)N1CCCN2CCCC2C1. The molecule has 4 nitrogen and oxygen atoms in total. The largest absolute Gasteiger partial charge is 0.381 e. The molecule has 2 atom stereocenters. The Balaban J connectivity index is 1.64. The van der Waals surface area contributed by atoms with Gasteiger partial charge in [0, 0.05) is 38.4 Å². The minimum Gasteiger partial charge on any atom is -0.381 e. The van der Waals surface area contributed by atoms with Crippen LogP contribution in [0.1, 0.15) is 32.1 Å². The quantitative estimate of drug-likeness (QED) is 0.825. The summed E-state index contributed by atoms with van der Waals surface area (Å²) >= 11 is 0. The molecular weight excluding hydrogens is 238 g/mol. The molecule has 0 aliphatic carbocycles. The molecule has 2 unspecified atom stereocenters. The molecule has 3 rings (SSSR count). The first-order valence-electron chi connectivity index (χ1n) is 8.14. The van der Waals surface area contributed by atoms with Crippen molar-refractivity contribution in [3.8, 4) is 0 Å². The fraction of sp³-hybridized carbons (Fsp3) is 1.00. The van der Waals surface area contributed by atoms with Crippen molar-refractivity contribution >= 4 is 0 Å². The van der Waals surface area contributed by atoms with Crippen LogP contribution in [0.15, 0.2) is 0 Å². The Morgan fingerprint density at radius 1 is 1.05 bits per heavy atom. The Hall–Kier alpha value is -0.160. The Morgan fingerprint density at radius 2 is 1.84 bits per heavy atom. The van der Waals surface area contributed by atoms with Gasteiger partial charge in [0.1, 0.15) is 0 Å². The summed E-state index contributed by atoms with van der Waals surface area (Å²) in [5.74, 6) is 0.756. The third kappa shape index (κ3) is 3.13. The van der Waals surface area contributed by atoms with Crippen LogP contribution in [-0.4, -0.2) is 67.8 Å². The molecule has 4 heteroatoms. The molecule has 0 bridgehead atoms. The lowest BCUT2D eigenvalue weighted by atomic mass is 9.90. The number of rotatable bonds is 3. The standard InChI is InChI=1S/C15H29N3O/c16-11-15(13-4-9-19-10-5-13)18-8-2-7-17-6-1-3-14(17)12-18/h13-15H,1-12,16H2. The molecule has 2 N–H and O–H groups in total. The van der Waals surface area contributed by atoms with Crippen molar-refractivity contribution in [3.05, 3.63) is 0 Å². The van der Waals surface area contributed by atoms with E-state index >= 15 is 0 Å². The van der Waals surface area contributed by atoms with Crippen LogP contribution in [0.5, 0.6) is 0 Å². The van der Waals surface area contributed by atoms with Gasteiger partial charge in [0.25, 0.3) is 0 Å². The highest BCUT2D eigenvalue weighted by molar-refractivity contribution is 4.90. The fourth-order valence-electron chi connectivity index (χ4n) is 4.28. The first-order chi connectivity index (χ1) is 9.38. The van der Waals surface area contributed by atoms with Crippen molar-refractivity contribution in [2.45, 2.75) is 44.2 Å². The van der Waals surface area contributed by atoms with Gasteiger partial charge in [-0.1, -0.05) is 0 Å². The van der Waals surface area contributed by atoms with Gasteiger partial charge in [-0.25, -0.2) is 0 Å². The molecule has 0 aromatic heterocycles. The van der Waals surface area contributed by atoms with E-state index in [1.807, 2.05) is 0 Å². The van der Waals surface area contributed by atoms with Gasteiger partial charge in [0.2, 0.25) is 0 Å². The molecule has 3 heterocycles. The third-order valence-corrected chi connectivity index (χ3v) is 5.36. The summed E-state index contributed by atoms with van der Waals surface area (Å²) in [6.45, 7) is 7.80. The molecule has 3 saturated heterocycles. The number of nitrogens with two attached hydrogens (primary N) is 1. The van der Waals surface area contributed by atoms with Gasteiger partial charge in [0.05, 0.1) is 0 Å². The maximum atomic E-state index is 6.13. The highest BCUT2D eigenvalue weighted by Crippen LogP contribution is 2.27. The fourth-order valence-corrected chi connectivity index (χ4v) is 4.28. The minimum atomic E-state index is 0.587. The van der Waals surface area contributed by atoms with Crippen molar-refractivity contribution < 1.29 is 4.74 Å². The van der Waals surface area contributed by atoms with Gasteiger partial charge < -0.3 is 10.5 Å². The second-order valence-electron chi connectivity index (χ2n) is 6.43. The van der Waals surface area contributed by atoms with E-state index in [4.69, 9.17) is 10.5 Å². The minimum absolute atomic E-state index is 0.587. The smallest absolute Gasteiger partial charge is 0.0469 e. The van der Waals surface area contributed by atoms with Gasteiger partial charge in [-0.2, -0.15) is 0 Å². The van der Waals surface area contributed by atoms with Gasteiger partial charge in [-0.15, -0.1) is 0 Å². The molecule has 0 amide bonds. The van der Waals surface area contributed by atoms with Gasteiger partial charge in [-0.05, 0) is 57.7 Å². The Morgan fingerprint density at radius 3 is 2.63 bits per heavy atom. The predicted octanol–water partition coefficient (Wildman–Crippen LogP) is 0.910. The topological polar surface area (TPSA) is 41.7 Å². The third-order valence-electron chi connectivity index (χ3n) is 5.36. The van der Waals surface area contributed by atoms with E-state index in [0.29, 0.717) is 6.04 Å². The zero-order valence-corrected chi connectivity index (χ0v) is 12.1. The normalized spacial score (nSPS) is 33.0. The van der Waals surface area contributed by atoms with E-state index in [9.17, 15) is 0 Å². The predicted molar refractivity (Wildman–Crippen MR) is 77.2 cm³/mol. The van der Waals surface area contributed by atoms with Crippen molar-refractivity contribution in [2.75, 3.05) is 45.9 Å². The summed E-state index contributed by atoms with van der Waals surface area (Å²) in [5.41, 5.74) is 6.13. The van der Waals surface area contributed by atoms with E-state index in [2.05, 4.69) is 9.80 Å². The number of fused-ring (bicyclic) bond motifs is 1. The highest BCUT2D eigenvalue weighted by Gasteiger charge is 2.34. The second kappa shape index (κ2) is 6.53. The lowest BCUT2D eigenvalue weighted by molar-refractivity contribution is 0.0260. The van der Waals surface area contributed by atoms with Crippen molar-refractivity contribution in [1.82, 2.24) is 9.80 Å². The zero-order valence-electron chi connectivity index (χ0n) is 12.1. The number of hydrogen-bond donors (Lipinski definition) is 1. The Labute approximate surface area is 117 Å². The summed E-state index contributed by atoms with van der Waals surface area (Å²) in [5, 5.41) is 0. The Bertz CT molecular complexity index is 281. The van der Waals surface area contributed by atoms with Crippen LogP contribution < -0.4 is 5.73 Å². The molecule has 0 radical (unpaired) electrons. The van der Waals surface area contributed by atoms with E-state index in [1.165, 1.54) is 58.3 Å². The molecule has 110 valence electrons. The summed E-state index contributed by atoms with van der Waals surface area (Å²) < 4.78 is 5.51. The molecule has 0 aromatic rings. The maximum absolute atomic E-state index is 6.13. The molecule has 19 heavy (non-hydrogen) atoms. The average Bonchev–Trinajstić information content (AvgIpc) is 2.79. The monoisotopic (exact) mass is 267 g/mol. The summed E-state index contributed by atoms with van der Waals surface area (Å²) in [4.78, 5) is 5.42. The van der Waals surface area contributed by atoms with Crippen LogP contribution >= 0.6 is 0 Å². The molecular formula is C15H29N3O. The number of hydrogen-bond acceptors (Lipinski definition) is 4. The summed E-state index contributed by atoms with van der Waals surface area (Å²) in [6.07, 6.45) is 6.50. The molecule has 3 fully saturated rings. The van der Waals surface area contributed by atoms with Crippen LogP contribution in [0, 0.1) is 5.92 Å². The van der Waals surface area contributed by atoms with Crippen molar-refractivity contribution in [2.24, 2.45) is 11.7 Å². The van der Waals surface area contributed by atoms with Gasteiger partial charge in [0.15, 0.2) is 0 Å². The van der Waals surface area contributed by atoms with Crippen LogP contribution in [0.25, 0.3) is 0 Å². The average molecular weight is 267 g/mol. The number of nitrogens with zero attached hydrogens (tertiary/aromatic N) is 2.